The van der Waals surface area contributed by atoms with E-state index in [-0.39, 0.29) is 10.8 Å². The summed E-state index contributed by atoms with van der Waals surface area (Å²) in [5, 5.41) is 0. The van der Waals surface area contributed by atoms with Crippen molar-refractivity contribution in [2.24, 2.45) is 0 Å². The molecule has 3 aromatic rings. The zero-order chi connectivity index (χ0) is 24.2. The van der Waals surface area contributed by atoms with Crippen molar-refractivity contribution in [3.05, 3.63) is 82.9 Å². The minimum atomic E-state index is -3.78. The smallest absolute Gasteiger partial charge is 0.261 e. The number of anilines is 1. The summed E-state index contributed by atoms with van der Waals surface area (Å²) in [5.41, 5.74) is 3.17. The summed E-state index contributed by atoms with van der Waals surface area (Å²) >= 11 is 0. The van der Waals surface area contributed by atoms with Crippen LogP contribution < -0.4 is 14.2 Å². The number of aryl methyl sites for hydroxylation is 1. The highest BCUT2D eigenvalue weighted by Gasteiger charge is 2.20. The van der Waals surface area contributed by atoms with E-state index >= 15 is 0 Å². The van der Waals surface area contributed by atoms with Gasteiger partial charge >= 0.3 is 0 Å². The molecule has 8 heteroatoms. The van der Waals surface area contributed by atoms with Crippen LogP contribution in [0.2, 0.25) is 0 Å². The normalized spacial score (nSPS) is 11.1. The van der Waals surface area contributed by atoms with Gasteiger partial charge in [0.25, 0.3) is 15.9 Å². The van der Waals surface area contributed by atoms with Gasteiger partial charge in [-0.15, -0.1) is 0 Å². The zero-order valence-electron chi connectivity index (χ0n) is 19.4. The molecular weight excluding hydrogens is 440 g/mol. The number of amides is 1. The molecule has 0 spiro atoms. The highest BCUT2D eigenvalue weighted by Crippen LogP contribution is 2.29. The second kappa shape index (κ2) is 9.95. The van der Waals surface area contributed by atoms with Crippen LogP contribution in [0.15, 0.2) is 65.6 Å². The molecule has 174 valence electrons. The van der Waals surface area contributed by atoms with Gasteiger partial charge in [0.1, 0.15) is 0 Å². The fraction of sp³-hybridized carbons (Fsp3) is 0.240. The third-order valence-corrected chi connectivity index (χ3v) is 6.74. The number of sulfonamides is 1. The first-order valence-corrected chi connectivity index (χ1v) is 11.8. The van der Waals surface area contributed by atoms with Gasteiger partial charge in [0.15, 0.2) is 11.5 Å². The van der Waals surface area contributed by atoms with E-state index in [4.69, 9.17) is 9.47 Å². The molecular formula is C25H28N2O5S. The predicted molar refractivity (Wildman–Crippen MR) is 129 cm³/mol. The number of hydrogen-bond acceptors (Lipinski definition) is 5. The van der Waals surface area contributed by atoms with Crippen molar-refractivity contribution < 1.29 is 22.7 Å². The average molecular weight is 469 g/mol. The van der Waals surface area contributed by atoms with Crippen LogP contribution in [-0.4, -0.2) is 40.5 Å². The van der Waals surface area contributed by atoms with Crippen LogP contribution in [0.5, 0.6) is 11.5 Å². The van der Waals surface area contributed by atoms with Gasteiger partial charge in [0, 0.05) is 19.2 Å². The molecule has 1 N–H and O–H groups in total. The SMILES string of the molecule is COc1ccc(CN(C)C(=O)c2cccc(NS(=O)(=O)c3ccc(C)cc3)c2C)cc1OC. The lowest BCUT2D eigenvalue weighted by atomic mass is 10.1. The predicted octanol–water partition coefficient (Wildman–Crippen LogP) is 4.39. The number of carbonyl (C=O) groups is 1. The van der Waals surface area contributed by atoms with E-state index in [1.54, 1.807) is 81.6 Å². The number of methoxy groups -OCH3 is 2. The number of carbonyl (C=O) groups excluding carboxylic acids is 1. The molecule has 33 heavy (non-hydrogen) atoms. The van der Waals surface area contributed by atoms with Crippen LogP contribution in [0.25, 0.3) is 0 Å². The Labute approximate surface area is 195 Å². The molecule has 0 heterocycles. The highest BCUT2D eigenvalue weighted by molar-refractivity contribution is 7.92. The fourth-order valence-electron chi connectivity index (χ4n) is 3.43. The van der Waals surface area contributed by atoms with E-state index in [9.17, 15) is 13.2 Å². The highest BCUT2D eigenvalue weighted by atomic mass is 32.2. The average Bonchev–Trinajstić information content (AvgIpc) is 2.80. The first-order valence-electron chi connectivity index (χ1n) is 10.3. The van der Waals surface area contributed by atoms with E-state index < -0.39 is 10.0 Å². The van der Waals surface area contributed by atoms with E-state index in [1.807, 2.05) is 19.1 Å². The molecule has 0 aliphatic heterocycles. The zero-order valence-corrected chi connectivity index (χ0v) is 20.2. The lowest BCUT2D eigenvalue weighted by Gasteiger charge is -2.20. The Morgan fingerprint density at radius 2 is 1.61 bits per heavy atom. The number of nitrogens with one attached hydrogen (secondary N) is 1. The van der Waals surface area contributed by atoms with Gasteiger partial charge in [-0.2, -0.15) is 0 Å². The Morgan fingerprint density at radius 1 is 0.939 bits per heavy atom. The standard InChI is InChI=1S/C25H28N2O5S/c1-17-9-12-20(13-10-17)33(29,30)26-22-8-6-7-21(18(22)2)25(28)27(3)16-19-11-14-23(31-4)24(15-19)32-5/h6-15,26H,16H2,1-5H3. The maximum absolute atomic E-state index is 13.2. The van der Waals surface area contributed by atoms with Crippen molar-refractivity contribution in [1.29, 1.82) is 0 Å². The molecule has 0 atom stereocenters. The monoisotopic (exact) mass is 468 g/mol. The molecule has 0 bridgehead atoms. The molecule has 3 aromatic carbocycles. The van der Waals surface area contributed by atoms with Crippen molar-refractivity contribution >= 4 is 21.6 Å². The van der Waals surface area contributed by atoms with Crippen LogP contribution in [0, 0.1) is 13.8 Å². The van der Waals surface area contributed by atoms with E-state index in [1.165, 1.54) is 0 Å². The minimum absolute atomic E-state index is 0.162. The van der Waals surface area contributed by atoms with Crippen molar-refractivity contribution in [2.45, 2.75) is 25.3 Å². The molecule has 0 aliphatic rings. The molecule has 0 aliphatic carbocycles. The fourth-order valence-corrected chi connectivity index (χ4v) is 4.55. The van der Waals surface area contributed by atoms with Crippen LogP contribution in [-0.2, 0) is 16.6 Å². The second-order valence-corrected chi connectivity index (χ2v) is 9.43. The molecule has 0 radical (unpaired) electrons. The summed E-state index contributed by atoms with van der Waals surface area (Å²) in [4.78, 5) is 14.9. The topological polar surface area (TPSA) is 84.9 Å². The number of nitrogens with zero attached hydrogens (tertiary/aromatic N) is 1. The molecule has 0 aromatic heterocycles. The molecule has 0 fully saturated rings. The van der Waals surface area contributed by atoms with Crippen LogP contribution >= 0.6 is 0 Å². The number of rotatable bonds is 8. The van der Waals surface area contributed by atoms with Gasteiger partial charge in [0.2, 0.25) is 0 Å². The Hall–Kier alpha value is -3.52. The van der Waals surface area contributed by atoms with E-state index in [0.717, 1.165) is 11.1 Å². The van der Waals surface area contributed by atoms with Gasteiger partial charge in [-0.3, -0.25) is 9.52 Å². The maximum Gasteiger partial charge on any atom is 0.261 e. The van der Waals surface area contributed by atoms with Crippen molar-refractivity contribution in [2.75, 3.05) is 26.0 Å². The molecule has 1 amide bonds. The molecule has 7 nitrogen and oxygen atoms in total. The van der Waals surface area contributed by atoms with Crippen LogP contribution in [0.3, 0.4) is 0 Å². The van der Waals surface area contributed by atoms with Crippen molar-refractivity contribution in [3.63, 3.8) is 0 Å². The van der Waals surface area contributed by atoms with Gasteiger partial charge in [-0.1, -0.05) is 29.8 Å². The quantitative estimate of drug-likeness (QED) is 0.530. The molecule has 0 saturated heterocycles. The lowest BCUT2D eigenvalue weighted by Crippen LogP contribution is -2.27. The number of hydrogen-bond donors (Lipinski definition) is 1. The Morgan fingerprint density at radius 3 is 2.24 bits per heavy atom. The summed E-state index contributed by atoms with van der Waals surface area (Å²) in [6.07, 6.45) is 0. The largest absolute Gasteiger partial charge is 0.493 e. The Kier molecular flexibility index (Phi) is 7.28. The maximum atomic E-state index is 13.2. The summed E-state index contributed by atoms with van der Waals surface area (Å²) in [6, 6.07) is 17.1. The van der Waals surface area contributed by atoms with Gasteiger partial charge in [0.05, 0.1) is 24.8 Å². The summed E-state index contributed by atoms with van der Waals surface area (Å²) in [6.45, 7) is 3.96. The van der Waals surface area contributed by atoms with Gasteiger partial charge < -0.3 is 14.4 Å². The van der Waals surface area contributed by atoms with Crippen LogP contribution in [0.4, 0.5) is 5.69 Å². The lowest BCUT2D eigenvalue weighted by molar-refractivity contribution is 0.0784. The number of ether oxygens (including phenoxy) is 2. The Balaban J connectivity index is 1.82. The third-order valence-electron chi connectivity index (χ3n) is 5.35. The third kappa shape index (κ3) is 5.46. The molecule has 0 saturated carbocycles. The molecule has 3 rings (SSSR count). The van der Waals surface area contributed by atoms with Crippen LogP contribution in [0.1, 0.15) is 27.0 Å². The first-order chi connectivity index (χ1) is 15.7. The van der Waals surface area contributed by atoms with Gasteiger partial charge in [-0.05, 0) is 61.4 Å². The second-order valence-electron chi connectivity index (χ2n) is 7.75. The molecule has 0 unspecified atom stereocenters. The summed E-state index contributed by atoms with van der Waals surface area (Å²) < 4.78 is 38.8. The Bertz CT molecular complexity index is 1250. The first kappa shape index (κ1) is 24.1. The number of benzene rings is 3. The van der Waals surface area contributed by atoms with Crippen molar-refractivity contribution in [1.82, 2.24) is 4.90 Å². The van der Waals surface area contributed by atoms with E-state index in [0.29, 0.717) is 34.9 Å². The minimum Gasteiger partial charge on any atom is -0.493 e. The summed E-state index contributed by atoms with van der Waals surface area (Å²) in [7, 11) is 1.04. The van der Waals surface area contributed by atoms with Crippen molar-refractivity contribution in [3.8, 4) is 11.5 Å². The summed E-state index contributed by atoms with van der Waals surface area (Å²) in [5.74, 6) is 0.970. The van der Waals surface area contributed by atoms with Gasteiger partial charge in [-0.25, -0.2) is 8.42 Å². The van der Waals surface area contributed by atoms with E-state index in [2.05, 4.69) is 4.72 Å².